The predicted molar refractivity (Wildman–Crippen MR) is 124 cm³/mol. The second-order valence-corrected chi connectivity index (χ2v) is 10.5. The minimum Gasteiger partial charge on any atom is -0.458 e. The Morgan fingerprint density at radius 1 is 0.833 bits per heavy atom. The third kappa shape index (κ3) is 5.29. The van der Waals surface area contributed by atoms with Gasteiger partial charge in [-0.05, 0) is 18.6 Å². The second-order valence-electron chi connectivity index (χ2n) is 7.67. The van der Waals surface area contributed by atoms with E-state index in [9.17, 15) is 9.36 Å². The Bertz CT molecular complexity index is 927. The Balaban J connectivity index is 1.87. The molecule has 3 nitrogen and oxygen atoms in total. The van der Waals surface area contributed by atoms with Crippen molar-refractivity contribution in [2.75, 3.05) is 6.16 Å². The molecule has 0 heterocycles. The maximum absolute atomic E-state index is 14.4. The van der Waals surface area contributed by atoms with Crippen molar-refractivity contribution in [1.82, 2.24) is 0 Å². The highest BCUT2D eigenvalue weighted by Gasteiger charge is 2.33. The Labute approximate surface area is 179 Å². The molecule has 0 fully saturated rings. The topological polar surface area (TPSA) is 43.4 Å². The number of hydrogen-bond donors (Lipinski definition) is 0. The van der Waals surface area contributed by atoms with Gasteiger partial charge in [0, 0.05) is 22.7 Å². The molecule has 0 saturated heterocycles. The highest BCUT2D eigenvalue weighted by Crippen LogP contribution is 2.46. The lowest BCUT2D eigenvalue weighted by molar-refractivity contribution is 0.0161. The maximum Gasteiger partial charge on any atom is 0.338 e. The van der Waals surface area contributed by atoms with Crippen LogP contribution in [0.25, 0.3) is 0 Å². The van der Waals surface area contributed by atoms with Gasteiger partial charge in [0.05, 0.1) is 5.56 Å². The van der Waals surface area contributed by atoms with Crippen LogP contribution in [0.3, 0.4) is 0 Å². The van der Waals surface area contributed by atoms with Gasteiger partial charge in [0.2, 0.25) is 0 Å². The van der Waals surface area contributed by atoms with Crippen LogP contribution in [0.5, 0.6) is 0 Å². The molecule has 0 saturated carbocycles. The van der Waals surface area contributed by atoms with E-state index < -0.39 is 7.14 Å². The smallest absolute Gasteiger partial charge is 0.338 e. The molecule has 0 spiro atoms. The van der Waals surface area contributed by atoms with Crippen LogP contribution in [-0.4, -0.2) is 18.2 Å². The third-order valence-electron chi connectivity index (χ3n) is 5.37. The molecule has 0 bridgehead atoms. The van der Waals surface area contributed by atoms with Gasteiger partial charge >= 0.3 is 5.97 Å². The van der Waals surface area contributed by atoms with Crippen molar-refractivity contribution in [2.45, 2.75) is 32.8 Å². The van der Waals surface area contributed by atoms with Crippen LogP contribution in [0.15, 0.2) is 91.0 Å². The van der Waals surface area contributed by atoms with E-state index in [1.807, 2.05) is 85.8 Å². The van der Waals surface area contributed by atoms with Crippen LogP contribution < -0.4 is 10.6 Å². The van der Waals surface area contributed by atoms with Gasteiger partial charge < -0.3 is 9.30 Å². The highest BCUT2D eigenvalue weighted by atomic mass is 31.2. The van der Waals surface area contributed by atoms with Crippen molar-refractivity contribution in [3.05, 3.63) is 96.6 Å². The first-order valence-electron chi connectivity index (χ1n) is 10.5. The zero-order chi connectivity index (χ0) is 21.4. The molecule has 0 aliphatic heterocycles. The van der Waals surface area contributed by atoms with E-state index in [4.69, 9.17) is 4.74 Å². The third-order valence-corrected chi connectivity index (χ3v) is 8.72. The second kappa shape index (κ2) is 10.4. The SMILES string of the molecule is CCC[C@H](OC(=O)c1ccccc1)[C@H](C)CP(=O)(c1ccccc1)c1ccccc1. The number of hydrogen-bond acceptors (Lipinski definition) is 3. The molecule has 3 aromatic rings. The minimum absolute atomic E-state index is 0.0520. The number of benzene rings is 3. The summed E-state index contributed by atoms with van der Waals surface area (Å²) in [6, 6.07) is 28.4. The molecule has 3 aromatic carbocycles. The van der Waals surface area contributed by atoms with Crippen LogP contribution >= 0.6 is 7.14 Å². The van der Waals surface area contributed by atoms with Crippen molar-refractivity contribution in [2.24, 2.45) is 5.92 Å². The lowest BCUT2D eigenvalue weighted by atomic mass is 10.0. The number of rotatable bonds is 9. The summed E-state index contributed by atoms with van der Waals surface area (Å²) in [6.07, 6.45) is 1.79. The molecule has 0 radical (unpaired) electrons. The van der Waals surface area contributed by atoms with Crippen molar-refractivity contribution >= 4 is 23.7 Å². The van der Waals surface area contributed by atoms with Crippen LogP contribution in [0.2, 0.25) is 0 Å². The average molecular weight is 420 g/mol. The summed E-state index contributed by atoms with van der Waals surface area (Å²) in [5.41, 5.74) is 0.542. The lowest BCUT2D eigenvalue weighted by Crippen LogP contribution is -2.31. The molecule has 0 unspecified atom stereocenters. The number of ether oxygens (including phenoxy) is 1. The largest absolute Gasteiger partial charge is 0.458 e. The molecule has 30 heavy (non-hydrogen) atoms. The van der Waals surface area contributed by atoms with Gasteiger partial charge in [-0.1, -0.05) is 99.1 Å². The average Bonchev–Trinajstić information content (AvgIpc) is 2.80. The Hall–Kier alpha value is -2.64. The molecule has 0 amide bonds. The van der Waals surface area contributed by atoms with E-state index in [1.54, 1.807) is 12.1 Å². The van der Waals surface area contributed by atoms with E-state index in [0.29, 0.717) is 11.7 Å². The van der Waals surface area contributed by atoms with E-state index in [0.717, 1.165) is 23.5 Å². The van der Waals surface area contributed by atoms with Gasteiger partial charge in [0.1, 0.15) is 13.2 Å². The summed E-state index contributed by atoms with van der Waals surface area (Å²) >= 11 is 0. The number of carbonyl (C=O) groups excluding carboxylic acids is 1. The molecule has 156 valence electrons. The van der Waals surface area contributed by atoms with Gasteiger partial charge in [0.15, 0.2) is 0 Å². The molecule has 0 aromatic heterocycles. The Kier molecular flexibility index (Phi) is 7.65. The van der Waals surface area contributed by atoms with Gasteiger partial charge in [-0.25, -0.2) is 4.79 Å². The summed E-state index contributed by atoms with van der Waals surface area (Å²) in [5.74, 6) is -0.376. The molecule has 3 rings (SSSR count). The minimum atomic E-state index is -2.86. The normalized spacial score (nSPS) is 13.4. The monoisotopic (exact) mass is 420 g/mol. The number of carbonyl (C=O) groups is 1. The first-order valence-corrected chi connectivity index (χ1v) is 12.4. The molecule has 0 aliphatic rings. The summed E-state index contributed by atoms with van der Waals surface area (Å²) in [4.78, 5) is 12.6. The molecule has 0 aliphatic carbocycles. The fourth-order valence-electron chi connectivity index (χ4n) is 3.74. The molecule has 2 atom stereocenters. The van der Waals surface area contributed by atoms with E-state index in [1.165, 1.54) is 0 Å². The van der Waals surface area contributed by atoms with E-state index in [-0.39, 0.29) is 18.0 Å². The van der Waals surface area contributed by atoms with Gasteiger partial charge in [-0.2, -0.15) is 0 Å². The zero-order valence-corrected chi connectivity index (χ0v) is 18.5. The first kappa shape index (κ1) is 22.1. The summed E-state index contributed by atoms with van der Waals surface area (Å²) in [6.45, 7) is 4.11. The Morgan fingerprint density at radius 2 is 1.30 bits per heavy atom. The molecule has 0 N–H and O–H groups in total. The zero-order valence-electron chi connectivity index (χ0n) is 17.6. The van der Waals surface area contributed by atoms with E-state index in [2.05, 4.69) is 6.92 Å². The molecular formula is C26H29O3P. The van der Waals surface area contributed by atoms with Crippen molar-refractivity contribution in [3.63, 3.8) is 0 Å². The predicted octanol–water partition coefficient (Wildman–Crippen LogP) is 5.66. The fourth-order valence-corrected chi connectivity index (χ4v) is 6.82. The van der Waals surface area contributed by atoms with E-state index >= 15 is 0 Å². The summed E-state index contributed by atoms with van der Waals surface area (Å²) in [5, 5.41) is 1.68. The number of esters is 1. The van der Waals surface area contributed by atoms with Crippen molar-refractivity contribution in [1.29, 1.82) is 0 Å². The quantitative estimate of drug-likeness (QED) is 0.331. The maximum atomic E-state index is 14.4. The van der Waals surface area contributed by atoms with Crippen LogP contribution in [0, 0.1) is 5.92 Å². The van der Waals surface area contributed by atoms with Gasteiger partial charge in [-0.3, -0.25) is 0 Å². The highest BCUT2D eigenvalue weighted by molar-refractivity contribution is 7.78. The lowest BCUT2D eigenvalue weighted by Gasteiger charge is -2.28. The standard InChI is InChI=1S/C26H29O3P/c1-3-13-25(29-26(27)22-14-7-4-8-15-22)21(2)20-30(28,23-16-9-5-10-17-23)24-18-11-6-12-19-24/h4-12,14-19,21,25H,3,13,20H2,1-2H3/t21-,25+/m1/s1. The van der Waals surface area contributed by atoms with Gasteiger partial charge in [0.25, 0.3) is 0 Å². The van der Waals surface area contributed by atoms with Crippen molar-refractivity contribution < 1.29 is 14.1 Å². The molecular weight excluding hydrogens is 391 g/mol. The summed E-state index contributed by atoms with van der Waals surface area (Å²) < 4.78 is 20.2. The Morgan fingerprint density at radius 3 is 1.77 bits per heavy atom. The molecule has 4 heteroatoms. The van der Waals surface area contributed by atoms with Crippen LogP contribution in [0.1, 0.15) is 37.0 Å². The van der Waals surface area contributed by atoms with Crippen LogP contribution in [-0.2, 0) is 9.30 Å². The fraction of sp³-hybridized carbons (Fsp3) is 0.269. The summed E-state index contributed by atoms with van der Waals surface area (Å²) in [7, 11) is -2.86. The van der Waals surface area contributed by atoms with Crippen LogP contribution in [0.4, 0.5) is 0 Å². The van der Waals surface area contributed by atoms with Crippen molar-refractivity contribution in [3.8, 4) is 0 Å². The first-order chi connectivity index (χ1) is 14.5. The van der Waals surface area contributed by atoms with Gasteiger partial charge in [-0.15, -0.1) is 0 Å².